The van der Waals surface area contributed by atoms with E-state index in [1.54, 1.807) is 36.4 Å². The average molecular weight is 537 g/mol. The third kappa shape index (κ3) is 7.91. The number of benzene rings is 2. The second-order valence-corrected chi connectivity index (χ2v) is 8.63. The summed E-state index contributed by atoms with van der Waals surface area (Å²) in [6, 6.07) is 8.23. The molecular formula is C23H22Cl2N4O5S. The molecule has 2 aromatic carbocycles. The predicted octanol–water partition coefficient (Wildman–Crippen LogP) is 5.03. The molecule has 184 valence electrons. The summed E-state index contributed by atoms with van der Waals surface area (Å²) in [5.41, 5.74) is 3.72. The Morgan fingerprint density at radius 1 is 1.26 bits per heavy atom. The molecule has 0 bridgehead atoms. The standard InChI is InChI=1S/C23H22Cl2N4O5S/c1-3-5-15-8-14(9-19(22(15)31)32-4-2)11-26-27-20(30)13-35-23-29-28-21(34-23)12-33-18-7-6-16(24)10-17(18)25/h3,6-11,31H,1,4-5,12-13H2,2H3,(H,27,30)/b26-11-. The van der Waals surface area contributed by atoms with E-state index in [1.807, 2.05) is 6.92 Å². The molecule has 1 aromatic heterocycles. The molecule has 0 atom stereocenters. The van der Waals surface area contributed by atoms with Crippen molar-refractivity contribution in [3.05, 3.63) is 70.0 Å². The van der Waals surface area contributed by atoms with Crippen LogP contribution in [0.2, 0.25) is 10.0 Å². The number of thioether (sulfide) groups is 1. The Morgan fingerprint density at radius 3 is 2.83 bits per heavy atom. The van der Waals surface area contributed by atoms with Crippen LogP contribution in [0.4, 0.5) is 0 Å². The lowest BCUT2D eigenvalue weighted by molar-refractivity contribution is -0.118. The summed E-state index contributed by atoms with van der Waals surface area (Å²) in [4.78, 5) is 12.1. The quantitative estimate of drug-likeness (QED) is 0.143. The van der Waals surface area contributed by atoms with Gasteiger partial charge >= 0.3 is 0 Å². The van der Waals surface area contributed by atoms with Gasteiger partial charge in [-0.3, -0.25) is 4.79 Å². The molecule has 0 aliphatic heterocycles. The number of nitrogens with one attached hydrogen (secondary N) is 1. The molecular weight excluding hydrogens is 515 g/mol. The SMILES string of the molecule is C=CCc1cc(/C=N\NC(=O)CSc2nnc(COc3ccc(Cl)cc3Cl)o2)cc(OCC)c1O. The van der Waals surface area contributed by atoms with Gasteiger partial charge in [-0.15, -0.1) is 16.8 Å². The van der Waals surface area contributed by atoms with E-state index in [2.05, 4.69) is 27.3 Å². The van der Waals surface area contributed by atoms with Crippen LogP contribution in [-0.2, 0) is 17.8 Å². The monoisotopic (exact) mass is 536 g/mol. The van der Waals surface area contributed by atoms with Gasteiger partial charge in [-0.1, -0.05) is 41.0 Å². The minimum absolute atomic E-state index is 0.00430. The van der Waals surface area contributed by atoms with Gasteiger partial charge < -0.3 is 19.0 Å². The zero-order chi connectivity index (χ0) is 25.2. The smallest absolute Gasteiger partial charge is 0.277 e. The molecule has 0 saturated heterocycles. The molecule has 2 N–H and O–H groups in total. The second kappa shape index (κ2) is 13.0. The van der Waals surface area contributed by atoms with E-state index in [9.17, 15) is 9.90 Å². The van der Waals surface area contributed by atoms with Crippen molar-refractivity contribution in [1.29, 1.82) is 0 Å². The highest BCUT2D eigenvalue weighted by molar-refractivity contribution is 7.99. The number of rotatable bonds is 12. The van der Waals surface area contributed by atoms with Crippen molar-refractivity contribution in [2.45, 2.75) is 25.2 Å². The summed E-state index contributed by atoms with van der Waals surface area (Å²) < 4.78 is 16.5. The first-order valence-electron chi connectivity index (χ1n) is 10.3. The van der Waals surface area contributed by atoms with E-state index < -0.39 is 0 Å². The van der Waals surface area contributed by atoms with Gasteiger partial charge in [0, 0.05) is 10.6 Å². The number of ether oxygens (including phenoxy) is 2. The van der Waals surface area contributed by atoms with Crippen LogP contribution < -0.4 is 14.9 Å². The van der Waals surface area contributed by atoms with Crippen LogP contribution in [0.1, 0.15) is 23.9 Å². The van der Waals surface area contributed by atoms with Crippen LogP contribution in [0.5, 0.6) is 17.2 Å². The number of aromatic nitrogens is 2. The first-order valence-corrected chi connectivity index (χ1v) is 12.1. The normalized spacial score (nSPS) is 10.9. The highest BCUT2D eigenvalue weighted by atomic mass is 35.5. The molecule has 1 heterocycles. The first-order chi connectivity index (χ1) is 16.9. The lowest BCUT2D eigenvalue weighted by atomic mass is 10.1. The molecule has 0 fully saturated rings. The highest BCUT2D eigenvalue weighted by Gasteiger charge is 2.12. The van der Waals surface area contributed by atoms with Crippen molar-refractivity contribution in [3.8, 4) is 17.2 Å². The van der Waals surface area contributed by atoms with Crippen LogP contribution in [0.25, 0.3) is 0 Å². The lowest BCUT2D eigenvalue weighted by Crippen LogP contribution is -2.19. The Labute approximate surface area is 216 Å². The summed E-state index contributed by atoms with van der Waals surface area (Å²) in [6.07, 6.45) is 3.59. The number of aromatic hydroxyl groups is 1. The molecule has 0 aliphatic carbocycles. The average Bonchev–Trinajstić information content (AvgIpc) is 3.28. The Hall–Kier alpha value is -3.21. The van der Waals surface area contributed by atoms with Gasteiger partial charge in [0.25, 0.3) is 17.0 Å². The van der Waals surface area contributed by atoms with Crippen molar-refractivity contribution in [3.63, 3.8) is 0 Å². The van der Waals surface area contributed by atoms with Gasteiger partial charge in [0.2, 0.25) is 0 Å². The van der Waals surface area contributed by atoms with Gasteiger partial charge in [-0.25, -0.2) is 5.43 Å². The fraction of sp³-hybridized carbons (Fsp3) is 0.217. The van der Waals surface area contributed by atoms with E-state index in [1.165, 1.54) is 6.21 Å². The zero-order valence-corrected chi connectivity index (χ0v) is 21.0. The predicted molar refractivity (Wildman–Crippen MR) is 135 cm³/mol. The molecule has 0 spiro atoms. The molecule has 1 amide bonds. The Morgan fingerprint density at radius 2 is 2.09 bits per heavy atom. The summed E-state index contributed by atoms with van der Waals surface area (Å²) in [6.45, 7) is 5.91. The lowest BCUT2D eigenvalue weighted by Gasteiger charge is -2.10. The molecule has 12 heteroatoms. The molecule has 0 saturated carbocycles. The first kappa shape index (κ1) is 26.4. The summed E-state index contributed by atoms with van der Waals surface area (Å²) in [5.74, 6) is 0.689. The number of phenolic OH excluding ortho intramolecular Hbond substituents is 1. The highest BCUT2D eigenvalue weighted by Crippen LogP contribution is 2.32. The molecule has 0 radical (unpaired) electrons. The van der Waals surface area contributed by atoms with Crippen LogP contribution in [-0.4, -0.2) is 39.8 Å². The van der Waals surface area contributed by atoms with Crippen molar-refractivity contribution in [2.24, 2.45) is 5.10 Å². The number of amides is 1. The van der Waals surface area contributed by atoms with Crippen LogP contribution in [0.3, 0.4) is 0 Å². The largest absolute Gasteiger partial charge is 0.504 e. The minimum atomic E-state index is -0.370. The second-order valence-electron chi connectivity index (χ2n) is 6.86. The molecule has 0 unspecified atom stereocenters. The zero-order valence-electron chi connectivity index (χ0n) is 18.7. The van der Waals surface area contributed by atoms with Crippen LogP contribution in [0.15, 0.2) is 57.7 Å². The van der Waals surface area contributed by atoms with E-state index in [0.717, 1.165) is 11.8 Å². The van der Waals surface area contributed by atoms with Gasteiger partial charge in [0.05, 0.1) is 23.6 Å². The van der Waals surface area contributed by atoms with Crippen molar-refractivity contribution in [1.82, 2.24) is 15.6 Å². The van der Waals surface area contributed by atoms with E-state index in [0.29, 0.717) is 45.7 Å². The maximum atomic E-state index is 12.1. The number of hydrazone groups is 1. The summed E-state index contributed by atoms with van der Waals surface area (Å²) in [7, 11) is 0. The number of hydrogen-bond acceptors (Lipinski definition) is 9. The van der Waals surface area contributed by atoms with E-state index in [4.69, 9.17) is 37.1 Å². The van der Waals surface area contributed by atoms with Crippen LogP contribution in [0, 0.1) is 0 Å². The number of carbonyl (C=O) groups is 1. The van der Waals surface area contributed by atoms with E-state index in [-0.39, 0.29) is 35.1 Å². The number of carbonyl (C=O) groups excluding carboxylic acids is 1. The molecule has 3 aromatic rings. The van der Waals surface area contributed by atoms with Gasteiger partial charge in [0.15, 0.2) is 18.1 Å². The van der Waals surface area contributed by atoms with E-state index >= 15 is 0 Å². The topological polar surface area (TPSA) is 119 Å². The Balaban J connectivity index is 1.49. The Kier molecular flexibility index (Phi) is 9.83. The third-order valence-corrected chi connectivity index (χ3v) is 5.61. The Bertz CT molecular complexity index is 1220. The summed E-state index contributed by atoms with van der Waals surface area (Å²) in [5, 5.41) is 23.0. The number of allylic oxidation sites excluding steroid dienone is 1. The summed E-state index contributed by atoms with van der Waals surface area (Å²) >= 11 is 13.0. The number of phenols is 1. The van der Waals surface area contributed by atoms with Crippen molar-refractivity contribution >= 4 is 47.1 Å². The molecule has 3 rings (SSSR count). The van der Waals surface area contributed by atoms with Gasteiger partial charge in [-0.05, 0) is 49.2 Å². The fourth-order valence-electron chi connectivity index (χ4n) is 2.77. The minimum Gasteiger partial charge on any atom is -0.504 e. The van der Waals surface area contributed by atoms with Crippen molar-refractivity contribution < 1.29 is 23.8 Å². The fourth-order valence-corrected chi connectivity index (χ4v) is 3.80. The molecule has 9 nitrogen and oxygen atoms in total. The maximum absolute atomic E-state index is 12.1. The van der Waals surface area contributed by atoms with Crippen LogP contribution >= 0.6 is 35.0 Å². The number of halogens is 2. The molecule has 35 heavy (non-hydrogen) atoms. The van der Waals surface area contributed by atoms with Gasteiger partial charge in [-0.2, -0.15) is 5.10 Å². The maximum Gasteiger partial charge on any atom is 0.277 e. The number of hydrogen-bond donors (Lipinski definition) is 2. The van der Waals surface area contributed by atoms with Gasteiger partial charge in [0.1, 0.15) is 5.75 Å². The molecule has 0 aliphatic rings. The van der Waals surface area contributed by atoms with Crippen molar-refractivity contribution in [2.75, 3.05) is 12.4 Å². The third-order valence-electron chi connectivity index (χ3n) is 4.26. The number of nitrogens with zero attached hydrogens (tertiary/aromatic N) is 3.